The molecule has 0 atom stereocenters. The number of anilines is 1. The molecule has 3 aromatic rings. The molecule has 0 bridgehead atoms. The highest BCUT2D eigenvalue weighted by molar-refractivity contribution is 7.99. The fourth-order valence-electron chi connectivity index (χ4n) is 2.55. The van der Waals surface area contributed by atoms with Gasteiger partial charge in [0.1, 0.15) is 11.4 Å². The molecule has 0 amide bonds. The van der Waals surface area contributed by atoms with Crippen LogP contribution in [0.25, 0.3) is 10.8 Å². The van der Waals surface area contributed by atoms with Gasteiger partial charge in [-0.15, -0.1) is 21.5 Å². The Kier molecular flexibility index (Phi) is 5.84. The normalized spacial score (nSPS) is 11.3. The number of aromatic nitrogens is 4. The molecular weight excluding hydrogens is 402 g/mol. The number of hydrogen-bond donors (Lipinski definition) is 1. The number of ketones is 1. The quantitative estimate of drug-likeness (QED) is 0.453. The van der Waals surface area contributed by atoms with E-state index in [1.54, 1.807) is 0 Å². The van der Waals surface area contributed by atoms with Crippen LogP contribution < -0.4 is 17.0 Å². The maximum atomic E-state index is 12.7. The molecule has 2 N–H and O–H groups in total. The van der Waals surface area contributed by atoms with Crippen LogP contribution in [-0.2, 0) is 13.6 Å². The van der Waals surface area contributed by atoms with Crippen molar-refractivity contribution in [2.45, 2.75) is 25.6 Å². The van der Waals surface area contributed by atoms with E-state index in [1.165, 1.54) is 23.0 Å². The maximum Gasteiger partial charge on any atom is 0.332 e. The summed E-state index contributed by atoms with van der Waals surface area (Å²) in [7, 11) is 1.33. The lowest BCUT2D eigenvalue weighted by Gasteiger charge is -2.15. The number of thioether (sulfide) groups is 1. The van der Waals surface area contributed by atoms with E-state index in [4.69, 9.17) is 10.2 Å². The summed E-state index contributed by atoms with van der Waals surface area (Å²) in [5.41, 5.74) is 4.56. The van der Waals surface area contributed by atoms with E-state index in [2.05, 4.69) is 10.2 Å². The summed E-state index contributed by atoms with van der Waals surface area (Å²) in [5, 5.41) is 9.94. The summed E-state index contributed by atoms with van der Waals surface area (Å²) < 4.78 is 7.68. The molecule has 0 saturated carbocycles. The zero-order valence-corrected chi connectivity index (χ0v) is 17.2. The first-order chi connectivity index (χ1) is 13.3. The van der Waals surface area contributed by atoms with Gasteiger partial charge in [-0.2, -0.15) is 0 Å². The van der Waals surface area contributed by atoms with Crippen LogP contribution in [-0.4, -0.2) is 30.9 Å². The van der Waals surface area contributed by atoms with Gasteiger partial charge in [0, 0.05) is 13.6 Å². The highest BCUT2D eigenvalue weighted by Crippen LogP contribution is 2.26. The average molecular weight is 422 g/mol. The lowest BCUT2D eigenvalue weighted by Crippen LogP contribution is -2.43. The largest absolute Gasteiger partial charge is 0.410 e. The van der Waals surface area contributed by atoms with E-state index in [0.29, 0.717) is 12.4 Å². The Morgan fingerprint density at radius 3 is 2.75 bits per heavy atom. The smallest absolute Gasteiger partial charge is 0.332 e. The molecule has 0 aromatic carbocycles. The van der Waals surface area contributed by atoms with Gasteiger partial charge in [0.15, 0.2) is 5.78 Å². The van der Waals surface area contributed by atoms with Crippen LogP contribution in [0.5, 0.6) is 0 Å². The van der Waals surface area contributed by atoms with Gasteiger partial charge in [-0.25, -0.2) is 4.79 Å². The van der Waals surface area contributed by atoms with Gasteiger partial charge in [0.2, 0.25) is 0 Å². The third-order valence-electron chi connectivity index (χ3n) is 3.87. The topological polar surface area (TPSA) is 126 Å². The highest BCUT2D eigenvalue weighted by Gasteiger charge is 2.23. The third kappa shape index (κ3) is 3.94. The molecule has 0 unspecified atom stereocenters. The highest BCUT2D eigenvalue weighted by atomic mass is 32.2. The molecule has 3 heterocycles. The molecule has 0 saturated heterocycles. The van der Waals surface area contributed by atoms with Crippen LogP contribution in [0.4, 0.5) is 5.82 Å². The predicted octanol–water partition coefficient (Wildman–Crippen LogP) is 1.87. The number of hydrogen-bond acceptors (Lipinski definition) is 9. The van der Waals surface area contributed by atoms with Gasteiger partial charge in [-0.1, -0.05) is 31.7 Å². The van der Waals surface area contributed by atoms with Crippen LogP contribution in [0, 0.1) is 5.92 Å². The van der Waals surface area contributed by atoms with Crippen LogP contribution in [0.3, 0.4) is 0 Å². The van der Waals surface area contributed by atoms with Crippen molar-refractivity contribution in [2.24, 2.45) is 13.0 Å². The van der Waals surface area contributed by atoms with Gasteiger partial charge in [0.05, 0.1) is 10.6 Å². The first-order valence-corrected chi connectivity index (χ1v) is 10.3. The Morgan fingerprint density at radius 1 is 1.36 bits per heavy atom. The minimum absolute atomic E-state index is 0.114. The fourth-order valence-corrected chi connectivity index (χ4v) is 3.83. The summed E-state index contributed by atoms with van der Waals surface area (Å²) >= 11 is 2.47. The minimum atomic E-state index is -0.710. The molecule has 0 aliphatic rings. The summed E-state index contributed by atoms with van der Waals surface area (Å²) in [6.07, 6.45) is 0. The minimum Gasteiger partial charge on any atom is -0.410 e. The third-order valence-corrected chi connectivity index (χ3v) is 5.55. The van der Waals surface area contributed by atoms with E-state index in [-0.39, 0.29) is 28.3 Å². The molecule has 11 heteroatoms. The predicted molar refractivity (Wildman–Crippen MR) is 108 cm³/mol. The number of nitrogens with zero attached hydrogens (tertiary/aromatic N) is 4. The Bertz CT molecular complexity index is 1110. The van der Waals surface area contributed by atoms with Crippen molar-refractivity contribution < 1.29 is 9.21 Å². The monoisotopic (exact) mass is 421 g/mol. The number of rotatable bonds is 7. The molecule has 0 aliphatic carbocycles. The standard InChI is InChI=1S/C17H19N5O4S2/c1-9(2)7-22-13(18)12(15(24)21(3)17(22)25)10(23)8-28-16-20-19-14(26-16)11-5-4-6-27-11/h4-6,9H,7-8,18H2,1-3H3. The van der Waals surface area contributed by atoms with E-state index >= 15 is 0 Å². The van der Waals surface area contributed by atoms with Crippen molar-refractivity contribution in [1.82, 2.24) is 19.3 Å². The molecule has 0 aliphatic heterocycles. The van der Waals surface area contributed by atoms with Gasteiger partial charge in [-0.3, -0.25) is 18.7 Å². The number of carbonyl (C=O) groups is 1. The van der Waals surface area contributed by atoms with Crippen molar-refractivity contribution >= 4 is 34.7 Å². The first kappa shape index (κ1) is 20.1. The molecule has 28 heavy (non-hydrogen) atoms. The van der Waals surface area contributed by atoms with Crippen molar-refractivity contribution in [2.75, 3.05) is 11.5 Å². The molecule has 0 radical (unpaired) electrons. The number of nitrogen functional groups attached to an aromatic ring is 1. The van der Waals surface area contributed by atoms with Gasteiger partial charge >= 0.3 is 5.69 Å². The zero-order chi connectivity index (χ0) is 20.4. The van der Waals surface area contributed by atoms with Crippen LogP contribution in [0.15, 0.2) is 36.7 Å². The SMILES string of the molecule is CC(C)Cn1c(N)c(C(=O)CSc2nnc(-c3cccs3)o2)c(=O)n(C)c1=O. The number of Topliss-reactive ketones (excluding diaryl/α,β-unsaturated/α-hetero) is 1. The Hall–Kier alpha value is -2.66. The molecule has 0 fully saturated rings. The van der Waals surface area contributed by atoms with E-state index in [9.17, 15) is 14.4 Å². The maximum absolute atomic E-state index is 12.7. The van der Waals surface area contributed by atoms with E-state index in [0.717, 1.165) is 21.2 Å². The summed E-state index contributed by atoms with van der Waals surface area (Å²) in [6, 6.07) is 3.71. The molecule has 9 nitrogen and oxygen atoms in total. The summed E-state index contributed by atoms with van der Waals surface area (Å²) in [4.78, 5) is 38.3. The van der Waals surface area contributed by atoms with Crippen LogP contribution >= 0.6 is 23.1 Å². The zero-order valence-electron chi connectivity index (χ0n) is 15.5. The van der Waals surface area contributed by atoms with E-state index < -0.39 is 17.0 Å². The Labute approximate surface area is 168 Å². The summed E-state index contributed by atoms with van der Waals surface area (Å²) in [5.74, 6) is -0.255. The molecule has 3 aromatic heterocycles. The van der Waals surface area contributed by atoms with Crippen LogP contribution in [0.2, 0.25) is 0 Å². The Morgan fingerprint density at radius 2 is 2.11 bits per heavy atom. The second-order valence-corrected chi connectivity index (χ2v) is 8.35. The number of nitrogens with two attached hydrogens (primary N) is 1. The molecule has 3 rings (SSSR count). The Balaban J connectivity index is 1.84. The number of thiophene rings is 1. The average Bonchev–Trinajstić information content (AvgIpc) is 3.33. The van der Waals surface area contributed by atoms with Crippen molar-refractivity contribution in [3.05, 3.63) is 43.9 Å². The summed E-state index contributed by atoms with van der Waals surface area (Å²) in [6.45, 7) is 4.13. The van der Waals surface area contributed by atoms with E-state index in [1.807, 2.05) is 31.4 Å². The molecule has 0 spiro atoms. The van der Waals surface area contributed by atoms with Gasteiger partial charge in [-0.05, 0) is 17.4 Å². The van der Waals surface area contributed by atoms with Crippen LogP contribution in [0.1, 0.15) is 24.2 Å². The fraction of sp³-hybridized carbons (Fsp3) is 0.353. The second-order valence-electron chi connectivity index (χ2n) is 6.47. The van der Waals surface area contributed by atoms with Crippen molar-refractivity contribution in [1.29, 1.82) is 0 Å². The van der Waals surface area contributed by atoms with Gasteiger partial charge in [0.25, 0.3) is 16.7 Å². The number of carbonyl (C=O) groups excluding carboxylic acids is 1. The van der Waals surface area contributed by atoms with Crippen molar-refractivity contribution in [3.8, 4) is 10.8 Å². The lowest BCUT2D eigenvalue weighted by atomic mass is 10.2. The van der Waals surface area contributed by atoms with Gasteiger partial charge < -0.3 is 10.2 Å². The molecule has 148 valence electrons. The second kappa shape index (κ2) is 8.15. The molecular formula is C17H19N5O4S2. The lowest BCUT2D eigenvalue weighted by molar-refractivity contribution is 0.102. The first-order valence-electron chi connectivity index (χ1n) is 8.42. The van der Waals surface area contributed by atoms with Crippen molar-refractivity contribution in [3.63, 3.8) is 0 Å².